The summed E-state index contributed by atoms with van der Waals surface area (Å²) in [5.41, 5.74) is 2.72. The molecule has 0 atom stereocenters. The Morgan fingerprint density at radius 3 is 2.55 bits per heavy atom. The molecule has 0 radical (unpaired) electrons. The Bertz CT molecular complexity index is 248. The van der Waals surface area contributed by atoms with Crippen LogP contribution in [0.2, 0.25) is 0 Å². The third-order valence-electron chi connectivity index (χ3n) is 1.52. The molecule has 3 heteroatoms. The lowest BCUT2D eigenvalue weighted by molar-refractivity contribution is 1.28. The highest BCUT2D eigenvalue weighted by Gasteiger charge is 2.02. The molecule has 0 unspecified atom stereocenters. The maximum atomic E-state index is 3.46. The monoisotopic (exact) mass is 388 g/mol. The van der Waals surface area contributed by atoms with Crippen LogP contribution in [0.3, 0.4) is 0 Å². The first kappa shape index (κ1) is 9.99. The minimum atomic E-state index is 0.935. The number of rotatable bonds is 1. The number of benzene rings is 1. The summed E-state index contributed by atoms with van der Waals surface area (Å²) in [5.74, 6) is 0. The van der Waals surface area contributed by atoms with Crippen molar-refractivity contribution in [3.05, 3.63) is 31.3 Å². The van der Waals surface area contributed by atoms with Crippen molar-refractivity contribution in [2.45, 2.75) is 12.3 Å². The predicted molar refractivity (Wildman–Crippen MR) is 64.2 cm³/mol. The second kappa shape index (κ2) is 4.23. The van der Waals surface area contributed by atoms with Gasteiger partial charge in [0.25, 0.3) is 0 Å². The molecule has 0 spiro atoms. The SMILES string of the molecule is Cc1cc(Br)cc(I)c1CBr. The molecule has 0 fully saturated rings. The van der Waals surface area contributed by atoms with Crippen molar-refractivity contribution in [2.75, 3.05) is 0 Å². The fourth-order valence-electron chi connectivity index (χ4n) is 0.901. The maximum absolute atomic E-state index is 3.46. The Labute approximate surface area is 97.2 Å². The van der Waals surface area contributed by atoms with E-state index in [9.17, 15) is 0 Å². The van der Waals surface area contributed by atoms with Gasteiger partial charge in [-0.1, -0.05) is 31.9 Å². The molecule has 0 nitrogen and oxygen atoms in total. The molecule has 0 saturated carbocycles. The van der Waals surface area contributed by atoms with Crippen LogP contribution in [-0.2, 0) is 5.33 Å². The normalized spacial score (nSPS) is 10.2. The number of halogens is 3. The largest absolute Gasteiger partial charge is 0.0876 e. The number of alkyl halides is 1. The molecule has 0 bridgehead atoms. The summed E-state index contributed by atoms with van der Waals surface area (Å²) in [7, 11) is 0. The molecular weight excluding hydrogens is 383 g/mol. The van der Waals surface area contributed by atoms with Gasteiger partial charge in [-0.25, -0.2) is 0 Å². The first-order valence-corrected chi connectivity index (χ1v) is 6.15. The zero-order valence-corrected chi connectivity index (χ0v) is 11.3. The highest BCUT2D eigenvalue weighted by molar-refractivity contribution is 14.1. The molecule has 11 heavy (non-hydrogen) atoms. The standard InChI is InChI=1S/C8H7Br2I/c1-5-2-6(10)3-8(11)7(5)4-9/h2-3H,4H2,1H3. The van der Waals surface area contributed by atoms with Crippen LogP contribution in [0.4, 0.5) is 0 Å². The minimum absolute atomic E-state index is 0.935. The Morgan fingerprint density at radius 1 is 1.45 bits per heavy atom. The van der Waals surface area contributed by atoms with Gasteiger partial charge < -0.3 is 0 Å². The van der Waals surface area contributed by atoms with Gasteiger partial charge in [0.05, 0.1) is 0 Å². The van der Waals surface area contributed by atoms with E-state index >= 15 is 0 Å². The molecule has 0 aromatic heterocycles. The van der Waals surface area contributed by atoms with Gasteiger partial charge in [0, 0.05) is 13.4 Å². The Morgan fingerprint density at radius 2 is 2.09 bits per heavy atom. The summed E-state index contributed by atoms with van der Waals surface area (Å²) in [6.07, 6.45) is 0. The van der Waals surface area contributed by atoms with Crippen molar-refractivity contribution in [3.8, 4) is 0 Å². The van der Waals surface area contributed by atoms with Crippen molar-refractivity contribution >= 4 is 54.5 Å². The van der Waals surface area contributed by atoms with E-state index in [-0.39, 0.29) is 0 Å². The summed E-state index contributed by atoms with van der Waals surface area (Å²) in [5, 5.41) is 0.935. The zero-order chi connectivity index (χ0) is 8.43. The molecule has 1 rings (SSSR count). The van der Waals surface area contributed by atoms with Crippen LogP contribution >= 0.6 is 54.5 Å². The van der Waals surface area contributed by atoms with E-state index in [2.05, 4.69) is 73.5 Å². The summed E-state index contributed by atoms with van der Waals surface area (Å²) in [6, 6.07) is 4.27. The quantitative estimate of drug-likeness (QED) is 0.497. The van der Waals surface area contributed by atoms with Crippen LogP contribution in [0, 0.1) is 10.5 Å². The van der Waals surface area contributed by atoms with Crippen LogP contribution in [0.25, 0.3) is 0 Å². The van der Waals surface area contributed by atoms with E-state index in [1.165, 1.54) is 14.7 Å². The second-order valence-corrected chi connectivity index (χ2v) is 4.96. The highest BCUT2D eigenvalue weighted by Crippen LogP contribution is 2.24. The smallest absolute Gasteiger partial charge is 0.0296 e. The zero-order valence-electron chi connectivity index (χ0n) is 6.00. The van der Waals surface area contributed by atoms with Crippen molar-refractivity contribution in [1.29, 1.82) is 0 Å². The van der Waals surface area contributed by atoms with Crippen molar-refractivity contribution in [1.82, 2.24) is 0 Å². The van der Waals surface area contributed by atoms with E-state index in [1.54, 1.807) is 0 Å². The third-order valence-corrected chi connectivity index (χ3v) is 3.50. The van der Waals surface area contributed by atoms with Crippen molar-refractivity contribution in [3.63, 3.8) is 0 Å². The number of hydrogen-bond acceptors (Lipinski definition) is 0. The lowest BCUT2D eigenvalue weighted by Gasteiger charge is -2.05. The lowest BCUT2D eigenvalue weighted by atomic mass is 10.1. The summed E-state index contributed by atoms with van der Waals surface area (Å²) in [6.45, 7) is 2.13. The summed E-state index contributed by atoms with van der Waals surface area (Å²) in [4.78, 5) is 0. The minimum Gasteiger partial charge on any atom is -0.0876 e. The number of aryl methyl sites for hydroxylation is 1. The fraction of sp³-hybridized carbons (Fsp3) is 0.250. The van der Waals surface area contributed by atoms with E-state index in [4.69, 9.17) is 0 Å². The molecular formula is C8H7Br2I. The molecule has 0 heterocycles. The lowest BCUT2D eigenvalue weighted by Crippen LogP contribution is -1.88. The van der Waals surface area contributed by atoms with E-state index in [0.717, 1.165) is 9.80 Å². The summed E-state index contributed by atoms with van der Waals surface area (Å²) < 4.78 is 2.47. The van der Waals surface area contributed by atoms with Gasteiger partial charge in [-0.05, 0) is 52.8 Å². The van der Waals surface area contributed by atoms with Gasteiger partial charge in [0.15, 0.2) is 0 Å². The average molecular weight is 390 g/mol. The molecule has 0 aliphatic rings. The van der Waals surface area contributed by atoms with Gasteiger partial charge in [-0.2, -0.15) is 0 Å². The number of hydrogen-bond donors (Lipinski definition) is 0. The molecule has 0 N–H and O–H groups in total. The second-order valence-electron chi connectivity index (χ2n) is 2.32. The highest BCUT2D eigenvalue weighted by atomic mass is 127. The van der Waals surface area contributed by atoms with Gasteiger partial charge in [-0.3, -0.25) is 0 Å². The summed E-state index contributed by atoms with van der Waals surface area (Å²) >= 11 is 9.27. The van der Waals surface area contributed by atoms with E-state index in [0.29, 0.717) is 0 Å². The van der Waals surface area contributed by atoms with Crippen LogP contribution in [-0.4, -0.2) is 0 Å². The van der Waals surface area contributed by atoms with Crippen LogP contribution in [0.5, 0.6) is 0 Å². The molecule has 0 aliphatic carbocycles. The average Bonchev–Trinajstić information content (AvgIpc) is 1.85. The first-order chi connectivity index (χ1) is 5.15. The van der Waals surface area contributed by atoms with E-state index < -0.39 is 0 Å². The molecule has 0 amide bonds. The van der Waals surface area contributed by atoms with Gasteiger partial charge in [0.1, 0.15) is 0 Å². The van der Waals surface area contributed by atoms with Gasteiger partial charge in [-0.15, -0.1) is 0 Å². The van der Waals surface area contributed by atoms with Gasteiger partial charge in [0.2, 0.25) is 0 Å². The van der Waals surface area contributed by atoms with Crippen molar-refractivity contribution < 1.29 is 0 Å². The molecule has 1 aromatic carbocycles. The van der Waals surface area contributed by atoms with Gasteiger partial charge >= 0.3 is 0 Å². The van der Waals surface area contributed by atoms with Crippen LogP contribution < -0.4 is 0 Å². The predicted octanol–water partition coefficient (Wildman–Crippen LogP) is 4.26. The Balaban J connectivity index is 3.25. The Hall–Kier alpha value is 0.910. The van der Waals surface area contributed by atoms with E-state index in [1.807, 2.05) is 0 Å². The molecule has 0 saturated heterocycles. The Kier molecular flexibility index (Phi) is 3.85. The first-order valence-electron chi connectivity index (χ1n) is 3.15. The van der Waals surface area contributed by atoms with Crippen LogP contribution in [0.1, 0.15) is 11.1 Å². The third kappa shape index (κ3) is 2.42. The van der Waals surface area contributed by atoms with Crippen molar-refractivity contribution in [2.24, 2.45) is 0 Å². The molecule has 60 valence electrons. The maximum Gasteiger partial charge on any atom is 0.0296 e. The fourth-order valence-corrected chi connectivity index (χ4v) is 4.12. The van der Waals surface area contributed by atoms with Crippen LogP contribution in [0.15, 0.2) is 16.6 Å². The topological polar surface area (TPSA) is 0 Å². The molecule has 1 aromatic rings. The molecule has 0 aliphatic heterocycles.